The standard InChI is InChI=1S/C6H10F2O/c1-5(9)2-3-6(7,8)4-5/h9H,2-4H2,1H3. The van der Waals surface area contributed by atoms with Crippen molar-refractivity contribution in [2.45, 2.75) is 37.7 Å². The lowest BCUT2D eigenvalue weighted by Crippen LogP contribution is -2.22. The first-order valence-corrected chi connectivity index (χ1v) is 3.02. The number of rotatable bonds is 0. The summed E-state index contributed by atoms with van der Waals surface area (Å²) >= 11 is 0. The molecule has 0 radical (unpaired) electrons. The minimum absolute atomic E-state index is 0.167. The highest BCUT2D eigenvalue weighted by Crippen LogP contribution is 2.40. The third kappa shape index (κ3) is 1.61. The largest absolute Gasteiger partial charge is 0.390 e. The van der Waals surface area contributed by atoms with Gasteiger partial charge in [0.2, 0.25) is 0 Å². The Labute approximate surface area is 52.7 Å². The molecule has 0 aromatic rings. The van der Waals surface area contributed by atoms with E-state index < -0.39 is 11.5 Å². The summed E-state index contributed by atoms with van der Waals surface area (Å²) in [6, 6.07) is 0. The van der Waals surface area contributed by atoms with Gasteiger partial charge in [-0.15, -0.1) is 0 Å². The van der Waals surface area contributed by atoms with E-state index in [0.717, 1.165) is 0 Å². The fraction of sp³-hybridized carbons (Fsp3) is 1.00. The number of halogens is 2. The van der Waals surface area contributed by atoms with Crippen LogP contribution in [0.2, 0.25) is 0 Å². The number of hydrogen-bond acceptors (Lipinski definition) is 1. The summed E-state index contributed by atoms with van der Waals surface area (Å²) in [5.41, 5.74) is -1.12. The Balaban J connectivity index is 2.58. The minimum Gasteiger partial charge on any atom is -0.390 e. The van der Waals surface area contributed by atoms with Crippen LogP contribution in [0.5, 0.6) is 0 Å². The van der Waals surface area contributed by atoms with Gasteiger partial charge in [0, 0.05) is 12.8 Å². The normalized spacial score (nSPS) is 41.3. The highest BCUT2D eigenvalue weighted by Gasteiger charge is 2.45. The van der Waals surface area contributed by atoms with Crippen LogP contribution in [0.25, 0.3) is 0 Å². The van der Waals surface area contributed by atoms with Gasteiger partial charge < -0.3 is 5.11 Å². The zero-order valence-corrected chi connectivity index (χ0v) is 5.32. The van der Waals surface area contributed by atoms with Crippen molar-refractivity contribution in [2.75, 3.05) is 0 Å². The molecule has 1 rings (SSSR count). The summed E-state index contributed by atoms with van der Waals surface area (Å²) in [6.45, 7) is 1.45. The maximum Gasteiger partial charge on any atom is 0.251 e. The molecule has 1 aliphatic carbocycles. The van der Waals surface area contributed by atoms with E-state index in [-0.39, 0.29) is 19.3 Å². The Hall–Kier alpha value is -0.180. The molecule has 1 nitrogen and oxygen atoms in total. The zero-order valence-electron chi connectivity index (χ0n) is 5.32. The second-order valence-corrected chi connectivity index (χ2v) is 3.03. The van der Waals surface area contributed by atoms with Gasteiger partial charge >= 0.3 is 0 Å². The molecule has 54 valence electrons. The van der Waals surface area contributed by atoms with Crippen molar-refractivity contribution in [3.05, 3.63) is 0 Å². The van der Waals surface area contributed by atoms with E-state index in [2.05, 4.69) is 0 Å². The maximum atomic E-state index is 12.3. The molecule has 0 amide bonds. The van der Waals surface area contributed by atoms with Crippen LogP contribution in [0.4, 0.5) is 8.78 Å². The van der Waals surface area contributed by atoms with Gasteiger partial charge in [-0.1, -0.05) is 0 Å². The molecule has 1 fully saturated rings. The Kier molecular flexibility index (Phi) is 1.28. The van der Waals surface area contributed by atoms with Gasteiger partial charge in [0.15, 0.2) is 0 Å². The molecule has 0 aliphatic heterocycles. The molecular weight excluding hydrogens is 126 g/mol. The van der Waals surface area contributed by atoms with Gasteiger partial charge in [-0.3, -0.25) is 0 Å². The topological polar surface area (TPSA) is 20.2 Å². The Morgan fingerprint density at radius 1 is 1.33 bits per heavy atom. The van der Waals surface area contributed by atoms with Gasteiger partial charge in [-0.05, 0) is 13.3 Å². The van der Waals surface area contributed by atoms with Crippen LogP contribution in [0.15, 0.2) is 0 Å². The molecule has 0 heterocycles. The van der Waals surface area contributed by atoms with E-state index in [1.165, 1.54) is 6.92 Å². The van der Waals surface area contributed by atoms with Crippen LogP contribution < -0.4 is 0 Å². The van der Waals surface area contributed by atoms with Crippen molar-refractivity contribution < 1.29 is 13.9 Å². The fourth-order valence-electron chi connectivity index (χ4n) is 1.19. The van der Waals surface area contributed by atoms with Gasteiger partial charge in [-0.25, -0.2) is 8.78 Å². The SMILES string of the molecule is CC1(O)CCC(F)(F)C1. The summed E-state index contributed by atoms with van der Waals surface area (Å²) < 4.78 is 24.6. The average molecular weight is 136 g/mol. The minimum atomic E-state index is -2.62. The van der Waals surface area contributed by atoms with Crippen molar-refractivity contribution in [1.82, 2.24) is 0 Å². The van der Waals surface area contributed by atoms with Gasteiger partial charge in [0.05, 0.1) is 5.60 Å². The number of alkyl halides is 2. The van der Waals surface area contributed by atoms with Crippen LogP contribution in [0.3, 0.4) is 0 Å². The zero-order chi connectivity index (χ0) is 7.12. The molecule has 0 bridgehead atoms. The highest BCUT2D eigenvalue weighted by molar-refractivity contribution is 4.89. The van der Waals surface area contributed by atoms with Crippen molar-refractivity contribution in [3.63, 3.8) is 0 Å². The predicted octanol–water partition coefficient (Wildman–Crippen LogP) is 1.56. The first-order chi connectivity index (χ1) is 3.91. The summed E-state index contributed by atoms with van der Waals surface area (Å²) in [4.78, 5) is 0. The van der Waals surface area contributed by atoms with Gasteiger partial charge in [0.25, 0.3) is 5.92 Å². The van der Waals surface area contributed by atoms with Crippen LogP contribution in [0.1, 0.15) is 26.2 Å². The van der Waals surface area contributed by atoms with Crippen molar-refractivity contribution >= 4 is 0 Å². The molecule has 1 atom stereocenters. The number of hydrogen-bond donors (Lipinski definition) is 1. The third-order valence-corrected chi connectivity index (χ3v) is 1.67. The molecule has 1 aliphatic rings. The van der Waals surface area contributed by atoms with Crippen LogP contribution in [-0.4, -0.2) is 16.6 Å². The molecule has 9 heavy (non-hydrogen) atoms. The van der Waals surface area contributed by atoms with E-state index >= 15 is 0 Å². The Morgan fingerprint density at radius 2 is 1.89 bits per heavy atom. The highest BCUT2D eigenvalue weighted by atomic mass is 19.3. The Bertz CT molecular complexity index is 106. The summed E-state index contributed by atoms with van der Waals surface area (Å²) in [7, 11) is 0. The van der Waals surface area contributed by atoms with Crippen molar-refractivity contribution in [3.8, 4) is 0 Å². The lowest BCUT2D eigenvalue weighted by molar-refractivity contribution is -0.0259. The van der Waals surface area contributed by atoms with E-state index in [0.29, 0.717) is 0 Å². The van der Waals surface area contributed by atoms with E-state index in [4.69, 9.17) is 5.11 Å². The smallest absolute Gasteiger partial charge is 0.251 e. The molecule has 0 saturated heterocycles. The van der Waals surface area contributed by atoms with E-state index in [9.17, 15) is 8.78 Å². The molecule has 1 unspecified atom stereocenters. The lowest BCUT2D eigenvalue weighted by Gasteiger charge is -2.14. The molecule has 0 aromatic heterocycles. The third-order valence-electron chi connectivity index (χ3n) is 1.67. The van der Waals surface area contributed by atoms with Crippen molar-refractivity contribution in [2.24, 2.45) is 0 Å². The first-order valence-electron chi connectivity index (χ1n) is 3.02. The number of aliphatic hydroxyl groups is 1. The predicted molar refractivity (Wildman–Crippen MR) is 29.4 cm³/mol. The Morgan fingerprint density at radius 3 is 2.00 bits per heavy atom. The molecule has 1 saturated carbocycles. The quantitative estimate of drug-likeness (QED) is 0.535. The molecule has 0 aromatic carbocycles. The molecule has 0 spiro atoms. The second-order valence-electron chi connectivity index (χ2n) is 3.03. The summed E-state index contributed by atoms with van der Waals surface area (Å²) in [5, 5.41) is 9.05. The molecule has 1 N–H and O–H groups in total. The second kappa shape index (κ2) is 1.66. The lowest BCUT2D eigenvalue weighted by atomic mass is 10.1. The summed E-state index contributed by atoms with van der Waals surface area (Å²) in [5.74, 6) is -2.62. The summed E-state index contributed by atoms with van der Waals surface area (Å²) in [6.07, 6.45) is -0.319. The van der Waals surface area contributed by atoms with E-state index in [1.54, 1.807) is 0 Å². The first kappa shape index (κ1) is 6.93. The van der Waals surface area contributed by atoms with Crippen LogP contribution >= 0.6 is 0 Å². The maximum absolute atomic E-state index is 12.3. The monoisotopic (exact) mass is 136 g/mol. The van der Waals surface area contributed by atoms with Crippen LogP contribution in [0, 0.1) is 0 Å². The molecule has 3 heteroatoms. The van der Waals surface area contributed by atoms with E-state index in [1.807, 2.05) is 0 Å². The molecular formula is C6H10F2O. The van der Waals surface area contributed by atoms with Crippen LogP contribution in [-0.2, 0) is 0 Å². The fourth-order valence-corrected chi connectivity index (χ4v) is 1.19. The van der Waals surface area contributed by atoms with Gasteiger partial charge in [0.1, 0.15) is 0 Å². The van der Waals surface area contributed by atoms with Crippen molar-refractivity contribution in [1.29, 1.82) is 0 Å². The van der Waals surface area contributed by atoms with Gasteiger partial charge in [-0.2, -0.15) is 0 Å². The average Bonchev–Trinajstić information content (AvgIpc) is 1.78.